The maximum absolute atomic E-state index is 13.0. The van der Waals surface area contributed by atoms with Gasteiger partial charge in [0, 0.05) is 29.9 Å². The molecule has 2 aromatic heterocycles. The molecule has 28 heavy (non-hydrogen) atoms. The molecule has 4 nitrogen and oxygen atoms in total. The number of halogens is 1. The second-order valence-electron chi connectivity index (χ2n) is 6.55. The molecule has 0 saturated carbocycles. The molecule has 1 amide bonds. The number of nitrogens with zero attached hydrogens (tertiary/aromatic N) is 2. The molecule has 0 spiro atoms. The highest BCUT2D eigenvalue weighted by Crippen LogP contribution is 2.30. The van der Waals surface area contributed by atoms with Crippen molar-refractivity contribution in [2.24, 2.45) is 0 Å². The van der Waals surface area contributed by atoms with Gasteiger partial charge < -0.3 is 5.32 Å². The van der Waals surface area contributed by atoms with Crippen LogP contribution in [0.4, 0.5) is 0 Å². The van der Waals surface area contributed by atoms with Crippen molar-refractivity contribution in [3.05, 3.63) is 94.8 Å². The van der Waals surface area contributed by atoms with Gasteiger partial charge in [0.1, 0.15) is 0 Å². The second kappa shape index (κ2) is 7.79. The van der Waals surface area contributed by atoms with E-state index >= 15 is 0 Å². The van der Waals surface area contributed by atoms with Crippen LogP contribution in [0.5, 0.6) is 0 Å². The molecule has 0 unspecified atom stereocenters. The van der Waals surface area contributed by atoms with E-state index in [1.165, 1.54) is 0 Å². The predicted molar refractivity (Wildman–Crippen MR) is 112 cm³/mol. The second-order valence-corrected chi connectivity index (χ2v) is 6.96. The summed E-state index contributed by atoms with van der Waals surface area (Å²) in [6.07, 6.45) is 3.44. The number of aromatic nitrogens is 2. The van der Waals surface area contributed by atoms with Gasteiger partial charge in [0.15, 0.2) is 0 Å². The Morgan fingerprint density at radius 2 is 1.93 bits per heavy atom. The number of rotatable bonds is 4. The molecule has 4 aromatic rings. The number of carbonyl (C=O) groups excluding carboxylic acids is 1. The first-order valence-corrected chi connectivity index (χ1v) is 9.33. The monoisotopic (exact) mass is 387 g/mol. The molecule has 0 bridgehead atoms. The number of aryl methyl sites for hydroxylation is 1. The highest BCUT2D eigenvalue weighted by molar-refractivity contribution is 6.35. The van der Waals surface area contributed by atoms with Crippen LogP contribution in [-0.4, -0.2) is 15.9 Å². The Bertz CT molecular complexity index is 1160. The molecule has 0 aliphatic carbocycles. The lowest BCUT2D eigenvalue weighted by molar-refractivity contribution is 0.0952. The van der Waals surface area contributed by atoms with Crippen LogP contribution in [-0.2, 0) is 6.54 Å². The van der Waals surface area contributed by atoms with E-state index in [-0.39, 0.29) is 5.91 Å². The zero-order valence-electron chi connectivity index (χ0n) is 15.3. The van der Waals surface area contributed by atoms with Gasteiger partial charge in [-0.2, -0.15) is 0 Å². The molecule has 2 aromatic carbocycles. The van der Waals surface area contributed by atoms with Gasteiger partial charge in [-0.05, 0) is 36.2 Å². The lowest BCUT2D eigenvalue weighted by atomic mass is 10.0. The van der Waals surface area contributed by atoms with Crippen LogP contribution < -0.4 is 5.32 Å². The van der Waals surface area contributed by atoms with Crippen LogP contribution in [0.3, 0.4) is 0 Å². The third-order valence-electron chi connectivity index (χ3n) is 4.63. The first kappa shape index (κ1) is 18.1. The lowest BCUT2D eigenvalue weighted by Crippen LogP contribution is -2.23. The van der Waals surface area contributed by atoms with Crippen molar-refractivity contribution in [2.75, 3.05) is 0 Å². The molecular formula is C23H18ClN3O. The number of nitrogens with one attached hydrogen (secondary N) is 1. The fraction of sp³-hybridized carbons (Fsp3) is 0.0870. The highest BCUT2D eigenvalue weighted by atomic mass is 35.5. The van der Waals surface area contributed by atoms with Crippen LogP contribution in [0.1, 0.15) is 21.5 Å². The van der Waals surface area contributed by atoms with Crippen molar-refractivity contribution >= 4 is 28.4 Å². The minimum absolute atomic E-state index is 0.173. The Kier molecular flexibility index (Phi) is 5.04. The average Bonchev–Trinajstić information content (AvgIpc) is 2.73. The van der Waals surface area contributed by atoms with Gasteiger partial charge >= 0.3 is 0 Å². The summed E-state index contributed by atoms with van der Waals surface area (Å²) in [5.41, 5.74) is 4.90. The summed E-state index contributed by atoms with van der Waals surface area (Å²) >= 11 is 6.40. The molecule has 4 rings (SSSR count). The van der Waals surface area contributed by atoms with E-state index in [0.29, 0.717) is 22.6 Å². The fourth-order valence-electron chi connectivity index (χ4n) is 3.18. The zero-order valence-corrected chi connectivity index (χ0v) is 16.1. The number of para-hydroxylation sites is 1. The van der Waals surface area contributed by atoms with Crippen molar-refractivity contribution < 1.29 is 4.79 Å². The minimum atomic E-state index is -0.173. The van der Waals surface area contributed by atoms with Gasteiger partial charge in [-0.15, -0.1) is 0 Å². The van der Waals surface area contributed by atoms with Gasteiger partial charge in [0.05, 0.1) is 21.8 Å². The van der Waals surface area contributed by atoms with Gasteiger partial charge in [-0.25, -0.2) is 4.98 Å². The van der Waals surface area contributed by atoms with Crippen LogP contribution in [0, 0.1) is 6.92 Å². The topological polar surface area (TPSA) is 54.9 Å². The van der Waals surface area contributed by atoms with Crippen LogP contribution in [0.15, 0.2) is 73.1 Å². The molecular weight excluding hydrogens is 370 g/mol. The smallest absolute Gasteiger partial charge is 0.252 e. The van der Waals surface area contributed by atoms with Crippen LogP contribution in [0.25, 0.3) is 22.2 Å². The van der Waals surface area contributed by atoms with E-state index in [2.05, 4.69) is 10.3 Å². The largest absolute Gasteiger partial charge is 0.348 e. The Hall–Kier alpha value is -3.24. The molecule has 0 aliphatic rings. The third-order valence-corrected chi connectivity index (χ3v) is 4.94. The molecule has 0 aliphatic heterocycles. The van der Waals surface area contributed by atoms with E-state index in [4.69, 9.17) is 16.6 Å². The molecule has 0 atom stereocenters. The quantitative estimate of drug-likeness (QED) is 0.524. The Morgan fingerprint density at radius 3 is 2.71 bits per heavy atom. The first-order valence-electron chi connectivity index (χ1n) is 8.96. The normalized spacial score (nSPS) is 10.8. The van der Waals surface area contributed by atoms with Crippen molar-refractivity contribution in [1.82, 2.24) is 15.3 Å². The van der Waals surface area contributed by atoms with Crippen LogP contribution >= 0.6 is 11.6 Å². The summed E-state index contributed by atoms with van der Waals surface area (Å²) in [5.74, 6) is -0.173. The summed E-state index contributed by atoms with van der Waals surface area (Å²) < 4.78 is 0. The fourth-order valence-corrected chi connectivity index (χ4v) is 3.40. The number of pyridine rings is 2. The van der Waals surface area contributed by atoms with Gasteiger partial charge in [0.2, 0.25) is 0 Å². The van der Waals surface area contributed by atoms with Gasteiger partial charge in [0.25, 0.3) is 5.91 Å². The molecule has 138 valence electrons. The number of carbonyl (C=O) groups is 1. The molecule has 1 N–H and O–H groups in total. The number of benzene rings is 2. The third kappa shape index (κ3) is 3.59. The maximum Gasteiger partial charge on any atom is 0.252 e. The van der Waals surface area contributed by atoms with E-state index in [1.807, 2.05) is 61.5 Å². The molecule has 0 radical (unpaired) electrons. The predicted octanol–water partition coefficient (Wildman–Crippen LogP) is 5.19. The SMILES string of the molecule is Cc1ccccc1-c1cc(C(=O)NCc2cccnc2)c2cccc(Cl)c2n1. The highest BCUT2D eigenvalue weighted by Gasteiger charge is 2.16. The van der Waals surface area contributed by atoms with Gasteiger partial charge in [-0.1, -0.05) is 54.1 Å². The number of fused-ring (bicyclic) bond motifs is 1. The Balaban J connectivity index is 1.79. The summed E-state index contributed by atoms with van der Waals surface area (Å²) in [5, 5.41) is 4.22. The van der Waals surface area contributed by atoms with Gasteiger partial charge in [-0.3, -0.25) is 9.78 Å². The molecule has 0 saturated heterocycles. The standard InChI is InChI=1S/C23H18ClN3O/c1-15-6-2-3-8-17(15)21-12-19(18-9-4-10-20(24)22(18)27-21)23(28)26-14-16-7-5-11-25-13-16/h2-13H,14H2,1H3,(H,26,28). The van der Waals surface area contributed by atoms with Crippen molar-refractivity contribution in [3.8, 4) is 11.3 Å². The number of hydrogen-bond donors (Lipinski definition) is 1. The zero-order chi connectivity index (χ0) is 19.5. The molecule has 5 heteroatoms. The van der Waals surface area contributed by atoms with E-state index < -0.39 is 0 Å². The van der Waals surface area contributed by atoms with Crippen molar-refractivity contribution in [1.29, 1.82) is 0 Å². The molecule has 0 fully saturated rings. The van der Waals surface area contributed by atoms with Crippen molar-refractivity contribution in [2.45, 2.75) is 13.5 Å². The number of amides is 1. The summed E-state index contributed by atoms with van der Waals surface area (Å²) in [6, 6.07) is 19.1. The lowest BCUT2D eigenvalue weighted by Gasteiger charge is -2.12. The average molecular weight is 388 g/mol. The number of hydrogen-bond acceptors (Lipinski definition) is 3. The maximum atomic E-state index is 13.0. The van der Waals surface area contributed by atoms with Crippen molar-refractivity contribution in [3.63, 3.8) is 0 Å². The van der Waals surface area contributed by atoms with E-state index in [0.717, 1.165) is 27.8 Å². The van der Waals surface area contributed by atoms with E-state index in [1.54, 1.807) is 18.5 Å². The Labute approximate surface area is 168 Å². The summed E-state index contributed by atoms with van der Waals surface area (Å²) in [7, 11) is 0. The van der Waals surface area contributed by atoms with Crippen LogP contribution in [0.2, 0.25) is 5.02 Å². The van der Waals surface area contributed by atoms with E-state index in [9.17, 15) is 4.79 Å². The molecule has 2 heterocycles. The minimum Gasteiger partial charge on any atom is -0.348 e. The first-order chi connectivity index (χ1) is 13.6. The summed E-state index contributed by atoms with van der Waals surface area (Å²) in [4.78, 5) is 21.8. The summed E-state index contributed by atoms with van der Waals surface area (Å²) in [6.45, 7) is 2.42. The Morgan fingerprint density at radius 1 is 1.07 bits per heavy atom.